The number of nitrogens with one attached hydrogen (secondary N) is 1. The molecule has 0 unspecified atom stereocenters. The van der Waals surface area contributed by atoms with Crippen molar-refractivity contribution in [2.24, 2.45) is 5.92 Å². The summed E-state index contributed by atoms with van der Waals surface area (Å²) in [6, 6.07) is 5.56. The van der Waals surface area contributed by atoms with Crippen LogP contribution >= 0.6 is 11.6 Å². The number of aromatic nitrogens is 1. The van der Waals surface area contributed by atoms with E-state index >= 15 is 0 Å². The van der Waals surface area contributed by atoms with Gasteiger partial charge in [0.1, 0.15) is 5.52 Å². The highest BCUT2D eigenvalue weighted by Gasteiger charge is 2.28. The Kier molecular flexibility index (Phi) is 2.37. The summed E-state index contributed by atoms with van der Waals surface area (Å²) in [5.41, 5.74) is 1.67. The summed E-state index contributed by atoms with van der Waals surface area (Å²) in [5, 5.41) is 4.04. The SMILES string of the molecule is C[C@@H]1CNC[C@H]1c1nc2ccc(Cl)cc2o1. The average molecular weight is 237 g/mol. The van der Waals surface area contributed by atoms with Crippen LogP contribution in [0.3, 0.4) is 0 Å². The molecular weight excluding hydrogens is 224 g/mol. The van der Waals surface area contributed by atoms with Gasteiger partial charge in [0.05, 0.1) is 5.92 Å². The Hall–Kier alpha value is -1.06. The first-order chi connectivity index (χ1) is 7.74. The zero-order valence-corrected chi connectivity index (χ0v) is 9.79. The molecule has 2 heterocycles. The number of halogens is 1. The zero-order valence-electron chi connectivity index (χ0n) is 9.03. The van der Waals surface area contributed by atoms with Crippen LogP contribution in [0, 0.1) is 5.92 Å². The molecule has 84 valence electrons. The van der Waals surface area contributed by atoms with E-state index in [2.05, 4.69) is 17.2 Å². The van der Waals surface area contributed by atoms with E-state index in [-0.39, 0.29) is 0 Å². The number of benzene rings is 1. The molecule has 4 heteroatoms. The van der Waals surface area contributed by atoms with E-state index in [9.17, 15) is 0 Å². The van der Waals surface area contributed by atoms with Crippen molar-refractivity contribution in [1.82, 2.24) is 10.3 Å². The quantitative estimate of drug-likeness (QED) is 0.828. The minimum atomic E-state index is 0.381. The Bertz CT molecular complexity index is 523. The molecule has 16 heavy (non-hydrogen) atoms. The van der Waals surface area contributed by atoms with Crippen LogP contribution in [0.1, 0.15) is 18.7 Å². The third kappa shape index (κ3) is 1.60. The van der Waals surface area contributed by atoms with Crippen LogP contribution in [0.4, 0.5) is 0 Å². The molecular formula is C12H13ClN2O. The number of fused-ring (bicyclic) bond motifs is 1. The molecule has 1 aliphatic heterocycles. The molecule has 0 aliphatic carbocycles. The molecule has 0 saturated carbocycles. The Morgan fingerprint density at radius 3 is 3.06 bits per heavy atom. The highest BCUT2D eigenvalue weighted by molar-refractivity contribution is 6.31. The van der Waals surface area contributed by atoms with E-state index in [0.717, 1.165) is 30.1 Å². The number of hydrogen-bond donors (Lipinski definition) is 1. The number of rotatable bonds is 1. The highest BCUT2D eigenvalue weighted by Crippen LogP contribution is 2.30. The Labute approximate surface area is 98.8 Å². The van der Waals surface area contributed by atoms with E-state index in [0.29, 0.717) is 16.9 Å². The van der Waals surface area contributed by atoms with Crippen molar-refractivity contribution in [3.8, 4) is 0 Å². The summed E-state index contributed by atoms with van der Waals surface area (Å²) in [7, 11) is 0. The minimum absolute atomic E-state index is 0.381. The van der Waals surface area contributed by atoms with Gasteiger partial charge in [-0.3, -0.25) is 0 Å². The molecule has 3 rings (SSSR count). The van der Waals surface area contributed by atoms with Gasteiger partial charge < -0.3 is 9.73 Å². The Morgan fingerprint density at radius 1 is 1.44 bits per heavy atom. The van der Waals surface area contributed by atoms with Crippen LogP contribution in [0.2, 0.25) is 5.02 Å². The molecule has 2 atom stereocenters. The Morgan fingerprint density at radius 2 is 2.31 bits per heavy atom. The second-order valence-electron chi connectivity index (χ2n) is 4.41. The lowest BCUT2D eigenvalue weighted by molar-refractivity contribution is 0.435. The highest BCUT2D eigenvalue weighted by atomic mass is 35.5. The van der Waals surface area contributed by atoms with Crippen LogP contribution < -0.4 is 5.32 Å². The van der Waals surface area contributed by atoms with Gasteiger partial charge in [0.2, 0.25) is 0 Å². The van der Waals surface area contributed by atoms with Crippen LogP contribution in [0.15, 0.2) is 22.6 Å². The monoisotopic (exact) mass is 236 g/mol. The summed E-state index contributed by atoms with van der Waals surface area (Å²) < 4.78 is 5.77. The van der Waals surface area contributed by atoms with Crippen molar-refractivity contribution in [3.63, 3.8) is 0 Å². The third-order valence-electron chi connectivity index (χ3n) is 3.20. The number of hydrogen-bond acceptors (Lipinski definition) is 3. The van der Waals surface area contributed by atoms with Crippen molar-refractivity contribution < 1.29 is 4.42 Å². The summed E-state index contributed by atoms with van der Waals surface area (Å²) in [4.78, 5) is 4.52. The molecule has 1 N–H and O–H groups in total. The van der Waals surface area contributed by atoms with E-state index < -0.39 is 0 Å². The van der Waals surface area contributed by atoms with Crippen LogP contribution in [-0.4, -0.2) is 18.1 Å². The van der Waals surface area contributed by atoms with Gasteiger partial charge in [0.25, 0.3) is 0 Å². The maximum absolute atomic E-state index is 5.92. The minimum Gasteiger partial charge on any atom is -0.440 e. The normalized spacial score (nSPS) is 25.4. The van der Waals surface area contributed by atoms with Crippen LogP contribution in [0.25, 0.3) is 11.1 Å². The lowest BCUT2D eigenvalue weighted by Gasteiger charge is -2.08. The number of nitrogens with zero attached hydrogens (tertiary/aromatic N) is 1. The molecule has 1 aromatic heterocycles. The van der Waals surface area contributed by atoms with Crippen molar-refractivity contribution in [1.29, 1.82) is 0 Å². The maximum Gasteiger partial charge on any atom is 0.200 e. The Balaban J connectivity index is 2.04. The predicted octanol–water partition coefficient (Wildman–Crippen LogP) is 2.80. The first-order valence-electron chi connectivity index (χ1n) is 5.51. The maximum atomic E-state index is 5.92. The predicted molar refractivity (Wildman–Crippen MR) is 63.8 cm³/mol. The molecule has 1 saturated heterocycles. The second-order valence-corrected chi connectivity index (χ2v) is 4.84. The van der Waals surface area contributed by atoms with E-state index in [1.54, 1.807) is 0 Å². The molecule has 1 aromatic carbocycles. The van der Waals surface area contributed by atoms with Gasteiger partial charge in [-0.05, 0) is 24.6 Å². The van der Waals surface area contributed by atoms with Crippen molar-refractivity contribution >= 4 is 22.7 Å². The first kappa shape index (κ1) is 10.1. The van der Waals surface area contributed by atoms with Gasteiger partial charge in [0.15, 0.2) is 11.5 Å². The fourth-order valence-electron chi connectivity index (χ4n) is 2.22. The van der Waals surface area contributed by atoms with Crippen molar-refractivity contribution in [3.05, 3.63) is 29.1 Å². The van der Waals surface area contributed by atoms with E-state index in [4.69, 9.17) is 16.0 Å². The first-order valence-corrected chi connectivity index (χ1v) is 5.88. The van der Waals surface area contributed by atoms with Gasteiger partial charge in [-0.15, -0.1) is 0 Å². The van der Waals surface area contributed by atoms with Crippen molar-refractivity contribution in [2.45, 2.75) is 12.8 Å². The molecule has 0 amide bonds. The van der Waals surface area contributed by atoms with Gasteiger partial charge in [0, 0.05) is 17.6 Å². The zero-order chi connectivity index (χ0) is 11.1. The molecule has 0 radical (unpaired) electrons. The summed E-state index contributed by atoms with van der Waals surface area (Å²) in [5.74, 6) is 1.78. The molecule has 1 aliphatic rings. The standard InChI is InChI=1S/C12H13ClN2O/c1-7-5-14-6-9(7)12-15-10-3-2-8(13)4-11(10)16-12/h2-4,7,9,14H,5-6H2,1H3/t7-,9-/m1/s1. The summed E-state index contributed by atoms with van der Waals surface area (Å²) in [6.07, 6.45) is 0. The van der Waals surface area contributed by atoms with Crippen LogP contribution in [0.5, 0.6) is 0 Å². The molecule has 0 bridgehead atoms. The number of oxazole rings is 1. The second kappa shape index (κ2) is 3.75. The van der Waals surface area contributed by atoms with Gasteiger partial charge in [-0.25, -0.2) is 4.98 Å². The lowest BCUT2D eigenvalue weighted by atomic mass is 9.98. The molecule has 2 aromatic rings. The van der Waals surface area contributed by atoms with Gasteiger partial charge in [-0.1, -0.05) is 18.5 Å². The topological polar surface area (TPSA) is 38.1 Å². The fourth-order valence-corrected chi connectivity index (χ4v) is 2.38. The van der Waals surface area contributed by atoms with Gasteiger partial charge in [-0.2, -0.15) is 0 Å². The molecule has 3 nitrogen and oxygen atoms in total. The molecule has 1 fully saturated rings. The smallest absolute Gasteiger partial charge is 0.200 e. The molecule has 0 spiro atoms. The van der Waals surface area contributed by atoms with Crippen LogP contribution in [-0.2, 0) is 0 Å². The summed E-state index contributed by atoms with van der Waals surface area (Å²) in [6.45, 7) is 4.19. The largest absolute Gasteiger partial charge is 0.440 e. The summed E-state index contributed by atoms with van der Waals surface area (Å²) >= 11 is 5.92. The van der Waals surface area contributed by atoms with E-state index in [1.807, 2.05) is 18.2 Å². The third-order valence-corrected chi connectivity index (χ3v) is 3.44. The van der Waals surface area contributed by atoms with Gasteiger partial charge >= 0.3 is 0 Å². The van der Waals surface area contributed by atoms with Crippen molar-refractivity contribution in [2.75, 3.05) is 13.1 Å². The fraction of sp³-hybridized carbons (Fsp3) is 0.417. The average Bonchev–Trinajstić information content (AvgIpc) is 2.82. The lowest BCUT2D eigenvalue weighted by Crippen LogP contribution is -2.08. The van der Waals surface area contributed by atoms with E-state index in [1.165, 1.54) is 0 Å².